The molecule has 1 N–H and O–H groups in total. The highest BCUT2D eigenvalue weighted by Gasteiger charge is 2.14. The Balaban J connectivity index is 2.16. The van der Waals surface area contributed by atoms with Gasteiger partial charge < -0.3 is 14.8 Å². The van der Waals surface area contributed by atoms with Gasteiger partial charge in [-0.15, -0.1) is 0 Å². The number of rotatable bonds is 7. The Morgan fingerprint density at radius 2 is 1.67 bits per heavy atom. The summed E-state index contributed by atoms with van der Waals surface area (Å²) in [6.07, 6.45) is 0. The van der Waals surface area contributed by atoms with Gasteiger partial charge in [0, 0.05) is 16.6 Å². The average Bonchev–Trinajstić information content (AvgIpc) is 2.54. The average molecular weight is 392 g/mol. The first-order valence-corrected chi connectivity index (χ1v) is 9.05. The second-order valence-electron chi connectivity index (χ2n) is 6.70. The minimum absolute atomic E-state index is 0.0632. The van der Waals surface area contributed by atoms with Gasteiger partial charge in [-0.3, -0.25) is 0 Å². The van der Waals surface area contributed by atoms with Gasteiger partial charge in [-0.05, 0) is 51.0 Å². The van der Waals surface area contributed by atoms with Gasteiger partial charge in [0.1, 0.15) is 6.61 Å². The largest absolute Gasteiger partial charge is 0.490 e. The molecule has 0 radical (unpaired) electrons. The second-order valence-corrected chi connectivity index (χ2v) is 7.56. The van der Waals surface area contributed by atoms with E-state index in [1.165, 1.54) is 0 Å². The Morgan fingerprint density at radius 1 is 1.00 bits per heavy atom. The van der Waals surface area contributed by atoms with Crippen molar-refractivity contribution in [3.63, 3.8) is 0 Å². The molecule has 0 spiro atoms. The van der Waals surface area contributed by atoms with Crippen molar-refractivity contribution in [3.05, 3.63) is 58.1 Å². The molecule has 130 valence electrons. The topological polar surface area (TPSA) is 30.5 Å². The maximum atomic E-state index is 5.98. The lowest BCUT2D eigenvalue weighted by Gasteiger charge is -2.22. The summed E-state index contributed by atoms with van der Waals surface area (Å²) < 4.78 is 12.8. The SMILES string of the molecule is CCOc1cc(CNC(C)(C)C)c(Br)cc1OCc1ccccc1. The minimum atomic E-state index is 0.0632. The molecule has 2 aromatic carbocycles. The molecule has 0 aromatic heterocycles. The summed E-state index contributed by atoms with van der Waals surface area (Å²) in [5, 5.41) is 3.50. The number of nitrogens with one attached hydrogen (secondary N) is 1. The summed E-state index contributed by atoms with van der Waals surface area (Å²) in [6, 6.07) is 14.2. The molecule has 24 heavy (non-hydrogen) atoms. The summed E-state index contributed by atoms with van der Waals surface area (Å²) in [6.45, 7) is 10.3. The smallest absolute Gasteiger partial charge is 0.162 e. The molecule has 2 aromatic rings. The van der Waals surface area contributed by atoms with Crippen molar-refractivity contribution in [1.29, 1.82) is 0 Å². The van der Waals surface area contributed by atoms with Crippen LogP contribution in [0.1, 0.15) is 38.8 Å². The van der Waals surface area contributed by atoms with Crippen molar-refractivity contribution in [3.8, 4) is 11.5 Å². The molecule has 0 saturated heterocycles. The summed E-state index contributed by atoms with van der Waals surface area (Å²) in [5.74, 6) is 1.54. The van der Waals surface area contributed by atoms with Crippen LogP contribution >= 0.6 is 15.9 Å². The molecule has 0 fully saturated rings. The molecule has 4 heteroatoms. The van der Waals surface area contributed by atoms with Gasteiger partial charge in [0.15, 0.2) is 11.5 Å². The maximum absolute atomic E-state index is 5.98. The molecule has 0 atom stereocenters. The molecule has 0 saturated carbocycles. The minimum Gasteiger partial charge on any atom is -0.490 e. The number of hydrogen-bond donors (Lipinski definition) is 1. The van der Waals surface area contributed by atoms with E-state index in [-0.39, 0.29) is 5.54 Å². The zero-order valence-corrected chi connectivity index (χ0v) is 16.4. The Labute approximate surface area is 153 Å². The van der Waals surface area contributed by atoms with Crippen molar-refractivity contribution in [2.45, 2.75) is 46.4 Å². The summed E-state index contributed by atoms with van der Waals surface area (Å²) in [5.41, 5.74) is 2.35. The molecule has 2 rings (SSSR count). The van der Waals surface area contributed by atoms with Crippen LogP contribution in [0, 0.1) is 0 Å². The van der Waals surface area contributed by atoms with Crippen LogP contribution in [-0.2, 0) is 13.2 Å². The van der Waals surface area contributed by atoms with Gasteiger partial charge in [-0.25, -0.2) is 0 Å². The van der Waals surface area contributed by atoms with E-state index in [2.05, 4.69) is 54.2 Å². The van der Waals surface area contributed by atoms with Crippen LogP contribution in [-0.4, -0.2) is 12.1 Å². The predicted octanol–water partition coefficient (Wildman–Crippen LogP) is 5.31. The van der Waals surface area contributed by atoms with Gasteiger partial charge in [0.25, 0.3) is 0 Å². The summed E-state index contributed by atoms with van der Waals surface area (Å²) >= 11 is 3.65. The van der Waals surface area contributed by atoms with E-state index in [0.29, 0.717) is 13.2 Å². The van der Waals surface area contributed by atoms with E-state index < -0.39 is 0 Å². The van der Waals surface area contributed by atoms with E-state index in [9.17, 15) is 0 Å². The van der Waals surface area contributed by atoms with Gasteiger partial charge >= 0.3 is 0 Å². The van der Waals surface area contributed by atoms with Crippen molar-refractivity contribution < 1.29 is 9.47 Å². The first kappa shape index (κ1) is 18.8. The molecule has 0 bridgehead atoms. The number of ether oxygens (including phenoxy) is 2. The third-order valence-corrected chi connectivity index (χ3v) is 4.20. The Hall–Kier alpha value is -1.52. The van der Waals surface area contributed by atoms with Gasteiger partial charge in [0.2, 0.25) is 0 Å². The van der Waals surface area contributed by atoms with Gasteiger partial charge in [-0.2, -0.15) is 0 Å². The highest BCUT2D eigenvalue weighted by atomic mass is 79.9. The third kappa shape index (κ3) is 5.84. The normalized spacial score (nSPS) is 11.4. The highest BCUT2D eigenvalue weighted by Crippen LogP contribution is 2.34. The van der Waals surface area contributed by atoms with E-state index >= 15 is 0 Å². The fourth-order valence-corrected chi connectivity index (χ4v) is 2.65. The highest BCUT2D eigenvalue weighted by molar-refractivity contribution is 9.10. The van der Waals surface area contributed by atoms with E-state index in [1.807, 2.05) is 37.3 Å². The molecule has 0 aliphatic carbocycles. The fourth-order valence-electron chi connectivity index (χ4n) is 2.19. The lowest BCUT2D eigenvalue weighted by molar-refractivity contribution is 0.268. The summed E-state index contributed by atoms with van der Waals surface area (Å²) in [4.78, 5) is 0. The van der Waals surface area contributed by atoms with Gasteiger partial charge in [0.05, 0.1) is 6.61 Å². The first-order valence-electron chi connectivity index (χ1n) is 8.26. The standard InChI is InChI=1S/C20H26BrNO2/c1-5-23-18-11-16(13-22-20(2,3)4)17(21)12-19(18)24-14-15-9-7-6-8-10-15/h6-12,22H,5,13-14H2,1-4H3. The van der Waals surface area contributed by atoms with Crippen LogP contribution in [0.2, 0.25) is 0 Å². The Morgan fingerprint density at radius 3 is 2.29 bits per heavy atom. The number of hydrogen-bond acceptors (Lipinski definition) is 3. The van der Waals surface area contributed by atoms with E-state index in [4.69, 9.17) is 9.47 Å². The van der Waals surface area contributed by atoms with Crippen LogP contribution in [0.25, 0.3) is 0 Å². The van der Waals surface area contributed by atoms with E-state index in [1.54, 1.807) is 0 Å². The molecular formula is C20H26BrNO2. The zero-order chi connectivity index (χ0) is 17.6. The van der Waals surface area contributed by atoms with Crippen LogP contribution in [0.5, 0.6) is 11.5 Å². The Bertz CT molecular complexity index is 651. The number of benzene rings is 2. The predicted molar refractivity (Wildman–Crippen MR) is 103 cm³/mol. The van der Waals surface area contributed by atoms with Crippen LogP contribution < -0.4 is 14.8 Å². The van der Waals surface area contributed by atoms with Crippen molar-refractivity contribution in [2.24, 2.45) is 0 Å². The monoisotopic (exact) mass is 391 g/mol. The van der Waals surface area contributed by atoms with Crippen LogP contribution in [0.3, 0.4) is 0 Å². The second kappa shape index (κ2) is 8.54. The van der Waals surface area contributed by atoms with Crippen LogP contribution in [0.4, 0.5) is 0 Å². The lowest BCUT2D eigenvalue weighted by atomic mass is 10.1. The molecule has 3 nitrogen and oxygen atoms in total. The number of halogens is 1. The molecule has 0 amide bonds. The van der Waals surface area contributed by atoms with Gasteiger partial charge in [-0.1, -0.05) is 46.3 Å². The van der Waals surface area contributed by atoms with Crippen LogP contribution in [0.15, 0.2) is 46.9 Å². The van der Waals surface area contributed by atoms with Crippen molar-refractivity contribution in [1.82, 2.24) is 5.32 Å². The molecule has 0 aliphatic heterocycles. The van der Waals surface area contributed by atoms with Crippen molar-refractivity contribution >= 4 is 15.9 Å². The summed E-state index contributed by atoms with van der Waals surface area (Å²) in [7, 11) is 0. The lowest BCUT2D eigenvalue weighted by Crippen LogP contribution is -2.35. The zero-order valence-electron chi connectivity index (χ0n) is 14.9. The fraction of sp³-hybridized carbons (Fsp3) is 0.400. The maximum Gasteiger partial charge on any atom is 0.162 e. The van der Waals surface area contributed by atoms with Crippen molar-refractivity contribution in [2.75, 3.05) is 6.61 Å². The Kier molecular flexibility index (Phi) is 6.69. The molecule has 0 aliphatic rings. The first-order chi connectivity index (χ1) is 11.4. The molecule has 0 unspecified atom stereocenters. The third-order valence-electron chi connectivity index (χ3n) is 3.46. The molecule has 0 heterocycles. The molecular weight excluding hydrogens is 366 g/mol. The van der Waals surface area contributed by atoms with E-state index in [0.717, 1.165) is 33.6 Å². The quantitative estimate of drug-likeness (QED) is 0.692.